The van der Waals surface area contributed by atoms with E-state index in [2.05, 4.69) is 5.32 Å². The summed E-state index contributed by atoms with van der Waals surface area (Å²) in [6.07, 6.45) is 0.133. The van der Waals surface area contributed by atoms with Gasteiger partial charge < -0.3 is 10.2 Å². The molecule has 0 spiro atoms. The molecule has 3 aromatic carbocycles. The fraction of sp³-hybridized carbons (Fsp3) is 0.310. The normalized spacial score (nSPS) is 12.0. The van der Waals surface area contributed by atoms with Crippen LogP contribution >= 0.6 is 0 Å². The zero-order valence-electron chi connectivity index (χ0n) is 21.2. The lowest BCUT2D eigenvalue weighted by Gasteiger charge is -2.34. The largest absolute Gasteiger partial charge is 0.350 e. The van der Waals surface area contributed by atoms with Gasteiger partial charge >= 0.3 is 0 Å². The molecule has 188 valence electrons. The van der Waals surface area contributed by atoms with Gasteiger partial charge in [-0.25, -0.2) is 0 Å². The van der Waals surface area contributed by atoms with Crippen molar-refractivity contribution in [1.82, 2.24) is 10.2 Å². The monoisotopic (exact) mass is 487 g/mol. The molecule has 7 heteroatoms. The Labute approximate surface area is 212 Å². The fourth-order valence-electron chi connectivity index (χ4n) is 4.12. The van der Waals surface area contributed by atoms with Gasteiger partial charge in [-0.15, -0.1) is 0 Å². The predicted molar refractivity (Wildman–Crippen MR) is 140 cm³/mol. The van der Waals surface area contributed by atoms with Crippen molar-refractivity contribution in [3.05, 3.63) is 111 Å². The van der Waals surface area contributed by atoms with Gasteiger partial charge in [0.05, 0.1) is 11.3 Å². The molecule has 3 rings (SSSR count). The Bertz CT molecular complexity index is 1220. The Balaban J connectivity index is 2.03. The Morgan fingerprint density at radius 2 is 1.58 bits per heavy atom. The standard InChI is InChI=1S/C29H33N3O4/c1-21-11-10-14-23(17-21)20-31(27(33)19-24-15-8-9-16-25(24)32(35)36)26(28(34)30-29(2,3)4)18-22-12-6-5-7-13-22/h5-17,26H,18-20H2,1-4H3,(H,30,34)/t26-/m0/s1. The highest BCUT2D eigenvalue weighted by atomic mass is 16.6. The van der Waals surface area contributed by atoms with E-state index >= 15 is 0 Å². The number of amides is 2. The second-order valence-electron chi connectivity index (χ2n) is 10.0. The average Bonchev–Trinajstić information content (AvgIpc) is 2.81. The van der Waals surface area contributed by atoms with Crippen LogP contribution in [0.3, 0.4) is 0 Å². The van der Waals surface area contributed by atoms with Crippen molar-refractivity contribution in [2.75, 3.05) is 0 Å². The minimum absolute atomic E-state index is 0.111. The molecule has 0 heterocycles. The van der Waals surface area contributed by atoms with Crippen molar-refractivity contribution in [1.29, 1.82) is 0 Å². The maximum atomic E-state index is 13.8. The smallest absolute Gasteiger partial charge is 0.273 e. The highest BCUT2D eigenvalue weighted by Crippen LogP contribution is 2.22. The Hall–Kier alpha value is -4.00. The van der Waals surface area contributed by atoms with Crippen LogP contribution in [0.2, 0.25) is 0 Å². The van der Waals surface area contributed by atoms with Crippen LogP contribution in [-0.4, -0.2) is 33.2 Å². The summed E-state index contributed by atoms with van der Waals surface area (Å²) in [4.78, 5) is 40.0. The summed E-state index contributed by atoms with van der Waals surface area (Å²) >= 11 is 0. The molecular weight excluding hydrogens is 454 g/mol. The lowest BCUT2D eigenvalue weighted by Crippen LogP contribution is -2.54. The van der Waals surface area contributed by atoms with E-state index in [-0.39, 0.29) is 30.5 Å². The molecule has 0 fully saturated rings. The van der Waals surface area contributed by atoms with Gasteiger partial charge in [-0.3, -0.25) is 19.7 Å². The summed E-state index contributed by atoms with van der Waals surface area (Å²) < 4.78 is 0. The van der Waals surface area contributed by atoms with Crippen LogP contribution < -0.4 is 5.32 Å². The third-order valence-electron chi connectivity index (χ3n) is 5.73. The van der Waals surface area contributed by atoms with Crippen LogP contribution in [0.4, 0.5) is 5.69 Å². The number of aryl methyl sites for hydroxylation is 1. The number of para-hydroxylation sites is 1. The molecule has 0 aromatic heterocycles. The summed E-state index contributed by atoms with van der Waals surface area (Å²) in [6, 6.07) is 22.7. The van der Waals surface area contributed by atoms with E-state index in [1.807, 2.05) is 82.3 Å². The Kier molecular flexibility index (Phi) is 8.59. The van der Waals surface area contributed by atoms with Gasteiger partial charge in [0.2, 0.25) is 11.8 Å². The average molecular weight is 488 g/mol. The van der Waals surface area contributed by atoms with Crippen molar-refractivity contribution < 1.29 is 14.5 Å². The minimum Gasteiger partial charge on any atom is -0.350 e. The minimum atomic E-state index is -0.803. The molecule has 0 aliphatic rings. The number of nitrogens with zero attached hydrogens (tertiary/aromatic N) is 2. The van der Waals surface area contributed by atoms with Gasteiger partial charge in [0.1, 0.15) is 6.04 Å². The third kappa shape index (κ3) is 7.50. The van der Waals surface area contributed by atoms with Gasteiger partial charge in [-0.2, -0.15) is 0 Å². The third-order valence-corrected chi connectivity index (χ3v) is 5.73. The molecule has 0 saturated heterocycles. The highest BCUT2D eigenvalue weighted by Gasteiger charge is 2.33. The lowest BCUT2D eigenvalue weighted by atomic mass is 9.99. The first kappa shape index (κ1) is 26.6. The summed E-state index contributed by atoms with van der Waals surface area (Å²) in [5.41, 5.74) is 2.54. The number of nitrogens with one attached hydrogen (secondary N) is 1. The number of nitro groups is 1. The molecular formula is C29H33N3O4. The fourth-order valence-corrected chi connectivity index (χ4v) is 4.12. The van der Waals surface area contributed by atoms with Crippen LogP contribution in [-0.2, 0) is 29.0 Å². The van der Waals surface area contributed by atoms with Crippen LogP contribution in [0.25, 0.3) is 0 Å². The van der Waals surface area contributed by atoms with Crippen molar-refractivity contribution >= 4 is 17.5 Å². The number of carbonyl (C=O) groups excluding carboxylic acids is 2. The molecule has 3 aromatic rings. The SMILES string of the molecule is Cc1cccc(CN(C(=O)Cc2ccccc2[N+](=O)[O-])[C@@H](Cc2ccccc2)C(=O)NC(C)(C)C)c1. The second kappa shape index (κ2) is 11.6. The Morgan fingerprint density at radius 1 is 0.944 bits per heavy atom. The van der Waals surface area contributed by atoms with Crippen LogP contribution in [0.15, 0.2) is 78.9 Å². The zero-order chi connectivity index (χ0) is 26.3. The number of benzene rings is 3. The van der Waals surface area contributed by atoms with E-state index < -0.39 is 16.5 Å². The van der Waals surface area contributed by atoms with Crippen molar-refractivity contribution in [3.8, 4) is 0 Å². The molecule has 0 unspecified atom stereocenters. The van der Waals surface area contributed by atoms with E-state index in [0.717, 1.165) is 16.7 Å². The Morgan fingerprint density at radius 3 is 2.22 bits per heavy atom. The van der Waals surface area contributed by atoms with E-state index in [1.165, 1.54) is 6.07 Å². The number of rotatable bonds is 9. The first-order valence-corrected chi connectivity index (χ1v) is 12.0. The van der Waals surface area contributed by atoms with Crippen LogP contribution in [0.5, 0.6) is 0 Å². The molecule has 7 nitrogen and oxygen atoms in total. The molecule has 0 radical (unpaired) electrons. The van der Waals surface area contributed by atoms with Crippen molar-refractivity contribution in [3.63, 3.8) is 0 Å². The molecule has 0 bridgehead atoms. The summed E-state index contributed by atoms with van der Waals surface area (Å²) in [5.74, 6) is -0.620. The van der Waals surface area contributed by atoms with Gasteiger partial charge in [-0.05, 0) is 38.8 Å². The van der Waals surface area contributed by atoms with Crippen LogP contribution in [0, 0.1) is 17.0 Å². The first-order chi connectivity index (χ1) is 17.0. The van der Waals surface area contributed by atoms with Crippen molar-refractivity contribution in [2.24, 2.45) is 0 Å². The topological polar surface area (TPSA) is 92.6 Å². The predicted octanol–water partition coefficient (Wildman–Crippen LogP) is 5.00. The molecule has 0 saturated carbocycles. The highest BCUT2D eigenvalue weighted by molar-refractivity contribution is 5.89. The number of carbonyl (C=O) groups is 2. The van der Waals surface area contributed by atoms with Gasteiger partial charge in [0, 0.05) is 30.1 Å². The van der Waals surface area contributed by atoms with Gasteiger partial charge in [0.15, 0.2) is 0 Å². The van der Waals surface area contributed by atoms with Gasteiger partial charge in [-0.1, -0.05) is 78.4 Å². The zero-order valence-corrected chi connectivity index (χ0v) is 21.2. The maximum absolute atomic E-state index is 13.8. The molecule has 0 aliphatic heterocycles. The first-order valence-electron chi connectivity index (χ1n) is 12.0. The van der Waals surface area contributed by atoms with E-state index in [0.29, 0.717) is 12.0 Å². The molecule has 36 heavy (non-hydrogen) atoms. The van der Waals surface area contributed by atoms with E-state index in [1.54, 1.807) is 23.1 Å². The summed E-state index contributed by atoms with van der Waals surface area (Å²) in [7, 11) is 0. The number of hydrogen-bond donors (Lipinski definition) is 1. The quantitative estimate of drug-likeness (QED) is 0.340. The summed E-state index contributed by atoms with van der Waals surface area (Å²) in [5, 5.41) is 14.6. The molecule has 1 N–H and O–H groups in total. The molecule has 1 atom stereocenters. The van der Waals surface area contributed by atoms with E-state index in [9.17, 15) is 19.7 Å². The summed E-state index contributed by atoms with van der Waals surface area (Å²) in [6.45, 7) is 7.85. The van der Waals surface area contributed by atoms with E-state index in [4.69, 9.17) is 0 Å². The van der Waals surface area contributed by atoms with Crippen LogP contribution in [0.1, 0.15) is 43.0 Å². The maximum Gasteiger partial charge on any atom is 0.273 e. The van der Waals surface area contributed by atoms with Crippen molar-refractivity contribution in [2.45, 2.75) is 58.7 Å². The van der Waals surface area contributed by atoms with Gasteiger partial charge in [0.25, 0.3) is 5.69 Å². The number of hydrogen-bond acceptors (Lipinski definition) is 4. The molecule has 2 amide bonds. The lowest BCUT2D eigenvalue weighted by molar-refractivity contribution is -0.385. The molecule has 0 aliphatic carbocycles. The number of nitro benzene ring substituents is 1. The second-order valence-corrected chi connectivity index (χ2v) is 10.0.